The highest BCUT2D eigenvalue weighted by Gasteiger charge is 2.05. The van der Waals surface area contributed by atoms with E-state index in [1.807, 2.05) is 12.1 Å². The number of nitrogens with zero attached hydrogens (tertiary/aromatic N) is 2. The summed E-state index contributed by atoms with van der Waals surface area (Å²) in [5.74, 6) is 1.49. The molecule has 0 unspecified atom stereocenters. The second-order valence-corrected chi connectivity index (χ2v) is 4.81. The lowest BCUT2D eigenvalue weighted by atomic mass is 10.3. The van der Waals surface area contributed by atoms with E-state index in [4.69, 9.17) is 4.74 Å². The highest BCUT2D eigenvalue weighted by molar-refractivity contribution is 14.0. The number of hydrogen-bond donors (Lipinski definition) is 2. The summed E-state index contributed by atoms with van der Waals surface area (Å²) in [6.45, 7) is 10.4. The second kappa shape index (κ2) is 11.6. The van der Waals surface area contributed by atoms with E-state index >= 15 is 0 Å². The molecule has 0 bridgehead atoms. The first-order chi connectivity index (χ1) is 9.67. The van der Waals surface area contributed by atoms with E-state index in [9.17, 15) is 0 Å². The van der Waals surface area contributed by atoms with Gasteiger partial charge in [-0.05, 0) is 33.3 Å². The number of nitrogens with one attached hydrogen (secondary N) is 2. The fourth-order valence-corrected chi connectivity index (χ4v) is 1.63. The van der Waals surface area contributed by atoms with Gasteiger partial charge in [0.25, 0.3) is 0 Å². The molecular weight excluding hydrogens is 379 g/mol. The molecule has 0 radical (unpaired) electrons. The number of halogens is 1. The van der Waals surface area contributed by atoms with E-state index in [1.54, 1.807) is 6.20 Å². The Morgan fingerprint density at radius 3 is 2.76 bits per heavy atom. The maximum atomic E-state index is 5.64. The van der Waals surface area contributed by atoms with Crippen LogP contribution in [0.2, 0.25) is 0 Å². The topological polar surface area (TPSA) is 58.5 Å². The van der Waals surface area contributed by atoms with Gasteiger partial charge in [-0.15, -0.1) is 24.0 Å². The predicted octanol–water partition coefficient (Wildman–Crippen LogP) is 2.95. The molecule has 1 aromatic heterocycles. The first kappa shape index (κ1) is 19.9. The first-order valence-corrected chi connectivity index (χ1v) is 7.28. The van der Waals surface area contributed by atoms with Crippen LogP contribution in [0.25, 0.3) is 0 Å². The minimum atomic E-state index is 0. The fourth-order valence-electron chi connectivity index (χ4n) is 1.63. The van der Waals surface area contributed by atoms with Crippen molar-refractivity contribution < 1.29 is 4.74 Å². The third-order valence-electron chi connectivity index (χ3n) is 2.47. The third-order valence-corrected chi connectivity index (χ3v) is 2.47. The number of guanidine groups is 1. The molecule has 1 rings (SSSR count). The predicted molar refractivity (Wildman–Crippen MR) is 98.5 cm³/mol. The molecule has 5 nitrogen and oxygen atoms in total. The summed E-state index contributed by atoms with van der Waals surface area (Å²) in [6, 6.07) is 4.25. The van der Waals surface area contributed by atoms with Gasteiger partial charge >= 0.3 is 0 Å². The molecule has 1 aromatic rings. The van der Waals surface area contributed by atoms with E-state index in [2.05, 4.69) is 48.3 Å². The monoisotopic (exact) mass is 406 g/mol. The highest BCUT2D eigenvalue weighted by Crippen LogP contribution is 2.15. The van der Waals surface area contributed by atoms with Gasteiger partial charge in [0.05, 0.1) is 13.2 Å². The molecule has 0 fully saturated rings. The van der Waals surface area contributed by atoms with Crippen molar-refractivity contribution in [2.24, 2.45) is 4.99 Å². The van der Waals surface area contributed by atoms with Gasteiger partial charge < -0.3 is 15.4 Å². The number of aromatic nitrogens is 1. The maximum absolute atomic E-state index is 5.64. The zero-order chi connectivity index (χ0) is 14.8. The van der Waals surface area contributed by atoms with Gasteiger partial charge in [-0.25, -0.2) is 9.98 Å². The van der Waals surface area contributed by atoms with Gasteiger partial charge in [-0.2, -0.15) is 0 Å². The average molecular weight is 406 g/mol. The minimum Gasteiger partial charge on any atom is -0.477 e. The lowest BCUT2D eigenvalue weighted by Gasteiger charge is -2.14. The molecule has 21 heavy (non-hydrogen) atoms. The number of pyridine rings is 1. The molecule has 0 saturated carbocycles. The van der Waals surface area contributed by atoms with Gasteiger partial charge in [-0.1, -0.05) is 13.0 Å². The van der Waals surface area contributed by atoms with Crippen LogP contribution in [-0.4, -0.2) is 30.1 Å². The summed E-state index contributed by atoms with van der Waals surface area (Å²) in [7, 11) is 0. The van der Waals surface area contributed by atoms with Crippen molar-refractivity contribution in [3.8, 4) is 5.88 Å². The number of hydrogen-bond acceptors (Lipinski definition) is 3. The molecule has 0 spiro atoms. The summed E-state index contributed by atoms with van der Waals surface area (Å²) < 4.78 is 5.64. The van der Waals surface area contributed by atoms with Crippen LogP contribution in [0, 0.1) is 0 Å². The summed E-state index contributed by atoms with van der Waals surface area (Å²) in [6.07, 6.45) is 2.71. The molecule has 0 aliphatic carbocycles. The quantitative estimate of drug-likeness (QED) is 0.415. The summed E-state index contributed by atoms with van der Waals surface area (Å²) in [5, 5.41) is 6.52. The van der Waals surface area contributed by atoms with Crippen molar-refractivity contribution in [2.45, 2.75) is 46.7 Å². The third kappa shape index (κ3) is 8.08. The van der Waals surface area contributed by atoms with Crippen LogP contribution in [0.5, 0.6) is 5.88 Å². The van der Waals surface area contributed by atoms with Crippen LogP contribution in [0.1, 0.15) is 39.7 Å². The molecule has 0 saturated heterocycles. The first-order valence-electron chi connectivity index (χ1n) is 7.28. The Morgan fingerprint density at radius 1 is 1.38 bits per heavy atom. The zero-order valence-corrected chi connectivity index (χ0v) is 15.7. The van der Waals surface area contributed by atoms with Crippen molar-refractivity contribution >= 4 is 29.9 Å². The molecule has 0 aromatic carbocycles. The Labute approximate surface area is 145 Å². The number of ether oxygens (including phenoxy) is 1. The Hall–Kier alpha value is -1.05. The summed E-state index contributed by atoms with van der Waals surface area (Å²) >= 11 is 0. The fraction of sp³-hybridized carbons (Fsp3) is 0.600. The van der Waals surface area contributed by atoms with Crippen LogP contribution in [0.3, 0.4) is 0 Å². The van der Waals surface area contributed by atoms with Crippen molar-refractivity contribution in [1.29, 1.82) is 0 Å². The molecule has 2 N–H and O–H groups in total. The van der Waals surface area contributed by atoms with Crippen LogP contribution < -0.4 is 15.4 Å². The maximum Gasteiger partial charge on any atom is 0.218 e. The highest BCUT2D eigenvalue weighted by atomic mass is 127. The zero-order valence-electron chi connectivity index (χ0n) is 13.3. The smallest absolute Gasteiger partial charge is 0.218 e. The van der Waals surface area contributed by atoms with Gasteiger partial charge in [-0.3, -0.25) is 0 Å². The lowest BCUT2D eigenvalue weighted by molar-refractivity contribution is 0.302. The summed E-state index contributed by atoms with van der Waals surface area (Å²) in [5.41, 5.74) is 1.00. The van der Waals surface area contributed by atoms with E-state index in [-0.39, 0.29) is 24.0 Å². The normalized spacial score (nSPS) is 11.0. The Balaban J connectivity index is 0.00000400. The lowest BCUT2D eigenvalue weighted by Crippen LogP contribution is -2.41. The van der Waals surface area contributed by atoms with Crippen molar-refractivity contribution in [3.63, 3.8) is 0 Å². The minimum absolute atomic E-state index is 0. The van der Waals surface area contributed by atoms with Crippen LogP contribution >= 0.6 is 24.0 Å². The van der Waals surface area contributed by atoms with Gasteiger partial charge in [0.2, 0.25) is 5.88 Å². The van der Waals surface area contributed by atoms with Crippen molar-refractivity contribution in [1.82, 2.24) is 15.6 Å². The summed E-state index contributed by atoms with van der Waals surface area (Å²) in [4.78, 5) is 8.84. The van der Waals surface area contributed by atoms with Crippen LogP contribution in [-0.2, 0) is 6.54 Å². The van der Waals surface area contributed by atoms with Gasteiger partial charge in [0.15, 0.2) is 5.96 Å². The van der Waals surface area contributed by atoms with E-state index < -0.39 is 0 Å². The largest absolute Gasteiger partial charge is 0.477 e. The molecule has 0 amide bonds. The molecule has 0 aliphatic rings. The van der Waals surface area contributed by atoms with Crippen molar-refractivity contribution in [3.05, 3.63) is 23.9 Å². The molecule has 0 aliphatic heterocycles. The SMILES string of the molecule is CCCOc1ncccc1CN=C(NCC)NC(C)C.I. The number of aliphatic imine (C=N–C) groups is 1. The van der Waals surface area contributed by atoms with E-state index in [0.29, 0.717) is 25.1 Å². The van der Waals surface area contributed by atoms with Crippen LogP contribution in [0.15, 0.2) is 23.3 Å². The standard InChI is InChI=1S/C15H26N4O.HI/c1-5-10-20-14-13(8-7-9-17-14)11-18-15(16-6-2)19-12(3)4;/h7-9,12H,5-6,10-11H2,1-4H3,(H2,16,18,19);1H. The Morgan fingerprint density at radius 2 is 2.14 bits per heavy atom. The van der Waals surface area contributed by atoms with Crippen LogP contribution in [0.4, 0.5) is 0 Å². The molecule has 6 heteroatoms. The average Bonchev–Trinajstić information content (AvgIpc) is 2.43. The second-order valence-electron chi connectivity index (χ2n) is 4.81. The molecule has 120 valence electrons. The molecule has 1 heterocycles. The Bertz CT molecular complexity index is 424. The van der Waals surface area contributed by atoms with Crippen molar-refractivity contribution in [2.75, 3.05) is 13.2 Å². The van der Waals surface area contributed by atoms with Gasteiger partial charge in [0, 0.05) is 24.3 Å². The molecular formula is C15H27IN4O. The van der Waals surface area contributed by atoms with E-state index in [1.165, 1.54) is 0 Å². The van der Waals surface area contributed by atoms with Gasteiger partial charge in [0.1, 0.15) is 0 Å². The Kier molecular flexibility index (Phi) is 11.0. The van der Waals surface area contributed by atoms with E-state index in [0.717, 1.165) is 24.5 Å². The molecule has 0 atom stereocenters. The number of rotatable bonds is 7.